The molecule has 0 unspecified atom stereocenters. The minimum absolute atomic E-state index is 0.0413. The first-order valence-electron chi connectivity index (χ1n) is 12.3. The lowest BCUT2D eigenvalue weighted by Gasteiger charge is -2.21. The number of amides is 1. The SMILES string of the molecule is CC(C)OC(=O)Nc1ccc(-c2ncc(-c3ccc(NSc4ccccc4)cc3SNC(C)(C)C)s2)cc1. The van der Waals surface area contributed by atoms with Gasteiger partial charge in [0.05, 0.1) is 11.0 Å². The van der Waals surface area contributed by atoms with Crippen molar-refractivity contribution in [3.63, 3.8) is 0 Å². The van der Waals surface area contributed by atoms with Crippen LogP contribution in [0.25, 0.3) is 21.0 Å². The van der Waals surface area contributed by atoms with Crippen molar-refractivity contribution in [2.75, 3.05) is 10.0 Å². The van der Waals surface area contributed by atoms with E-state index < -0.39 is 6.09 Å². The summed E-state index contributed by atoms with van der Waals surface area (Å²) in [7, 11) is 0. The van der Waals surface area contributed by atoms with Gasteiger partial charge < -0.3 is 9.46 Å². The molecule has 1 amide bonds. The Bertz CT molecular complexity index is 1350. The van der Waals surface area contributed by atoms with E-state index >= 15 is 0 Å². The quantitative estimate of drug-likeness (QED) is 0.175. The first-order valence-corrected chi connectivity index (χ1v) is 14.7. The number of anilines is 2. The fourth-order valence-corrected chi connectivity index (χ4v) is 5.85. The van der Waals surface area contributed by atoms with Gasteiger partial charge in [0.1, 0.15) is 5.01 Å². The van der Waals surface area contributed by atoms with Crippen LogP contribution in [0.2, 0.25) is 0 Å². The molecule has 1 heterocycles. The summed E-state index contributed by atoms with van der Waals surface area (Å²) in [6, 6.07) is 24.3. The highest BCUT2D eigenvalue weighted by Crippen LogP contribution is 2.39. The number of carbonyl (C=O) groups excluding carboxylic acids is 1. The number of carbonyl (C=O) groups is 1. The molecule has 38 heavy (non-hydrogen) atoms. The Balaban J connectivity index is 1.53. The third kappa shape index (κ3) is 8.26. The first kappa shape index (κ1) is 28.0. The normalized spacial score (nSPS) is 11.4. The minimum atomic E-state index is -0.460. The minimum Gasteiger partial charge on any atom is -0.447 e. The number of thiazole rings is 1. The van der Waals surface area contributed by atoms with Gasteiger partial charge in [-0.25, -0.2) is 9.78 Å². The Morgan fingerprint density at radius 3 is 2.34 bits per heavy atom. The average Bonchev–Trinajstić information content (AvgIpc) is 3.36. The first-order chi connectivity index (χ1) is 18.2. The molecule has 0 atom stereocenters. The molecule has 0 fully saturated rings. The second kappa shape index (κ2) is 12.7. The monoisotopic (exact) mass is 564 g/mol. The maximum atomic E-state index is 11.9. The molecule has 0 spiro atoms. The van der Waals surface area contributed by atoms with Gasteiger partial charge >= 0.3 is 6.09 Å². The van der Waals surface area contributed by atoms with Crippen molar-refractivity contribution >= 4 is 52.7 Å². The maximum Gasteiger partial charge on any atom is 0.411 e. The molecule has 6 nitrogen and oxygen atoms in total. The van der Waals surface area contributed by atoms with E-state index in [4.69, 9.17) is 9.72 Å². The molecule has 0 aliphatic rings. The van der Waals surface area contributed by atoms with Gasteiger partial charge in [-0.2, -0.15) is 0 Å². The maximum absolute atomic E-state index is 11.9. The summed E-state index contributed by atoms with van der Waals surface area (Å²) in [4.78, 5) is 19.9. The highest BCUT2D eigenvalue weighted by Gasteiger charge is 2.16. The van der Waals surface area contributed by atoms with Crippen LogP contribution in [0, 0.1) is 0 Å². The van der Waals surface area contributed by atoms with Gasteiger partial charge in [0.2, 0.25) is 0 Å². The van der Waals surface area contributed by atoms with Crippen molar-refractivity contribution in [2.45, 2.75) is 56.1 Å². The van der Waals surface area contributed by atoms with Crippen molar-refractivity contribution in [3.05, 3.63) is 79.0 Å². The lowest BCUT2D eigenvalue weighted by molar-refractivity contribution is 0.130. The van der Waals surface area contributed by atoms with Gasteiger partial charge in [-0.05, 0) is 107 Å². The molecular weight excluding hydrogens is 533 g/mol. The molecule has 3 aromatic carbocycles. The lowest BCUT2D eigenvalue weighted by atomic mass is 10.1. The van der Waals surface area contributed by atoms with Crippen molar-refractivity contribution in [2.24, 2.45) is 0 Å². The van der Waals surface area contributed by atoms with E-state index in [0.717, 1.165) is 36.5 Å². The smallest absolute Gasteiger partial charge is 0.411 e. The molecule has 0 saturated heterocycles. The predicted molar refractivity (Wildman–Crippen MR) is 163 cm³/mol. The second-order valence-corrected chi connectivity index (χ2v) is 12.6. The van der Waals surface area contributed by atoms with Crippen molar-refractivity contribution in [1.82, 2.24) is 9.71 Å². The summed E-state index contributed by atoms with van der Waals surface area (Å²) >= 11 is 4.86. The Morgan fingerprint density at radius 1 is 0.947 bits per heavy atom. The fraction of sp³-hybridized carbons (Fsp3) is 0.241. The lowest BCUT2D eigenvalue weighted by Crippen LogP contribution is -2.29. The van der Waals surface area contributed by atoms with Crippen LogP contribution in [0.1, 0.15) is 34.6 Å². The predicted octanol–water partition coefficient (Wildman–Crippen LogP) is 8.95. The summed E-state index contributed by atoms with van der Waals surface area (Å²) in [6.45, 7) is 10.1. The molecule has 4 aromatic rings. The van der Waals surface area contributed by atoms with Gasteiger partial charge in [0.15, 0.2) is 0 Å². The third-order valence-corrected chi connectivity index (χ3v) is 8.17. The van der Waals surface area contributed by atoms with Gasteiger partial charge in [0, 0.05) is 44.0 Å². The molecule has 4 rings (SSSR count). The molecule has 0 bridgehead atoms. The number of hydrogen-bond donors (Lipinski definition) is 3. The summed E-state index contributed by atoms with van der Waals surface area (Å²) in [5.41, 5.74) is 3.79. The zero-order valence-corrected chi connectivity index (χ0v) is 24.5. The van der Waals surface area contributed by atoms with Gasteiger partial charge in [-0.3, -0.25) is 10.0 Å². The molecule has 0 radical (unpaired) electrons. The number of ether oxygens (including phenoxy) is 1. The van der Waals surface area contributed by atoms with E-state index in [1.807, 2.05) is 62.5 Å². The summed E-state index contributed by atoms with van der Waals surface area (Å²) < 4.78 is 12.2. The number of aromatic nitrogens is 1. The number of benzene rings is 3. The van der Waals surface area contributed by atoms with Crippen LogP contribution in [0.3, 0.4) is 0 Å². The van der Waals surface area contributed by atoms with E-state index in [1.165, 1.54) is 0 Å². The molecule has 1 aromatic heterocycles. The number of nitrogens with one attached hydrogen (secondary N) is 3. The molecule has 9 heteroatoms. The summed E-state index contributed by atoms with van der Waals surface area (Å²) in [5, 5.41) is 3.66. The van der Waals surface area contributed by atoms with Crippen LogP contribution < -0.4 is 14.8 Å². The number of hydrogen-bond acceptors (Lipinski definition) is 8. The Labute approximate surface area is 237 Å². The number of rotatable bonds is 9. The number of nitrogens with zero attached hydrogens (tertiary/aromatic N) is 1. The van der Waals surface area contributed by atoms with Crippen molar-refractivity contribution in [1.29, 1.82) is 0 Å². The molecule has 3 N–H and O–H groups in total. The van der Waals surface area contributed by atoms with E-state index in [2.05, 4.69) is 65.9 Å². The average molecular weight is 565 g/mol. The van der Waals surface area contributed by atoms with Crippen LogP contribution in [-0.4, -0.2) is 22.7 Å². The fourth-order valence-electron chi connectivity index (χ4n) is 3.28. The van der Waals surface area contributed by atoms with Crippen LogP contribution >= 0.6 is 35.2 Å². The van der Waals surface area contributed by atoms with E-state index in [-0.39, 0.29) is 11.6 Å². The van der Waals surface area contributed by atoms with E-state index in [1.54, 1.807) is 35.2 Å². The van der Waals surface area contributed by atoms with E-state index in [0.29, 0.717) is 5.69 Å². The Kier molecular flexibility index (Phi) is 9.38. The summed E-state index contributed by atoms with van der Waals surface area (Å²) in [6.07, 6.45) is 1.30. The van der Waals surface area contributed by atoms with Crippen LogP contribution in [0.4, 0.5) is 16.2 Å². The molecule has 0 aliphatic heterocycles. The molecule has 0 saturated carbocycles. The molecular formula is C29H32N4O2S3. The zero-order valence-electron chi connectivity index (χ0n) is 22.1. The van der Waals surface area contributed by atoms with Crippen molar-refractivity contribution < 1.29 is 9.53 Å². The van der Waals surface area contributed by atoms with Gasteiger partial charge in [-0.1, -0.05) is 24.3 Å². The molecule has 0 aliphatic carbocycles. The van der Waals surface area contributed by atoms with Gasteiger partial charge in [-0.15, -0.1) is 11.3 Å². The Morgan fingerprint density at radius 2 is 1.66 bits per heavy atom. The highest BCUT2D eigenvalue weighted by molar-refractivity contribution is 8.00. The van der Waals surface area contributed by atoms with Gasteiger partial charge in [0.25, 0.3) is 0 Å². The van der Waals surface area contributed by atoms with Crippen LogP contribution in [-0.2, 0) is 4.74 Å². The largest absolute Gasteiger partial charge is 0.447 e. The van der Waals surface area contributed by atoms with Crippen molar-refractivity contribution in [3.8, 4) is 21.0 Å². The topological polar surface area (TPSA) is 75.3 Å². The summed E-state index contributed by atoms with van der Waals surface area (Å²) in [5.74, 6) is 0. The standard InChI is InChI=1S/C29H32N4O2S3/c1-19(2)35-28(34)31-21-13-11-20(12-14-21)27-30-18-26(36-27)24-16-15-22(17-25(24)38-33-29(3,4)5)32-37-23-9-7-6-8-10-23/h6-19,32-33H,1-5H3,(H,31,34). The Hall–Kier alpha value is -2.98. The van der Waals surface area contributed by atoms with Crippen LogP contribution in [0.5, 0.6) is 0 Å². The molecule has 198 valence electrons. The highest BCUT2D eigenvalue weighted by atomic mass is 32.2. The van der Waals surface area contributed by atoms with E-state index in [9.17, 15) is 4.79 Å². The second-order valence-electron chi connectivity index (χ2n) is 9.87. The van der Waals surface area contributed by atoms with Crippen LogP contribution in [0.15, 0.2) is 88.8 Å². The zero-order chi connectivity index (χ0) is 27.1. The third-order valence-electron chi connectivity index (χ3n) is 4.97.